The largest absolute Gasteiger partial charge is 0.495 e. The monoisotopic (exact) mass is 415 g/mol. The predicted molar refractivity (Wildman–Crippen MR) is 113 cm³/mol. The Morgan fingerprint density at radius 3 is 2.53 bits per heavy atom. The van der Waals surface area contributed by atoms with Crippen LogP contribution in [0.1, 0.15) is 51.5 Å². The van der Waals surface area contributed by atoms with Crippen LogP contribution in [-0.4, -0.2) is 40.8 Å². The molecule has 2 atom stereocenters. The van der Waals surface area contributed by atoms with Crippen molar-refractivity contribution >= 4 is 17.7 Å². The number of nitrogens with zero attached hydrogens (tertiary/aromatic N) is 1. The maximum Gasteiger partial charge on any atom is 0.407 e. The molecule has 0 spiro atoms. The molecule has 162 valence electrons. The molecule has 0 bridgehead atoms. The van der Waals surface area contributed by atoms with Crippen LogP contribution in [0.4, 0.5) is 10.5 Å². The number of amides is 2. The number of methoxy groups -OCH3 is 1. The molecule has 2 amide bonds. The first-order chi connectivity index (χ1) is 14.1. The van der Waals surface area contributed by atoms with E-state index in [2.05, 4.69) is 15.6 Å². The minimum Gasteiger partial charge on any atom is -0.495 e. The summed E-state index contributed by atoms with van der Waals surface area (Å²) in [4.78, 5) is 28.5. The van der Waals surface area contributed by atoms with Crippen LogP contribution in [0.5, 0.6) is 5.75 Å². The number of pyridine rings is 1. The molecule has 30 heavy (non-hydrogen) atoms. The van der Waals surface area contributed by atoms with E-state index < -0.39 is 23.8 Å². The van der Waals surface area contributed by atoms with Gasteiger partial charge >= 0.3 is 6.09 Å². The number of ether oxygens (including phenoxy) is 2. The van der Waals surface area contributed by atoms with Crippen molar-refractivity contribution in [1.29, 1.82) is 0 Å². The molecule has 2 aromatic rings. The van der Waals surface area contributed by atoms with Crippen LogP contribution in [0.25, 0.3) is 0 Å². The number of aliphatic hydroxyl groups is 1. The van der Waals surface area contributed by atoms with Gasteiger partial charge in [0.05, 0.1) is 18.5 Å². The normalized spacial score (nSPS) is 13.1. The second-order valence-electron chi connectivity index (χ2n) is 7.92. The minimum atomic E-state index is -0.944. The number of benzene rings is 1. The number of aromatic nitrogens is 1. The van der Waals surface area contributed by atoms with Crippen LogP contribution >= 0.6 is 0 Å². The van der Waals surface area contributed by atoms with Gasteiger partial charge in [-0.05, 0) is 57.5 Å². The van der Waals surface area contributed by atoms with Crippen LogP contribution < -0.4 is 15.4 Å². The van der Waals surface area contributed by atoms with Crippen molar-refractivity contribution in [3.63, 3.8) is 0 Å². The van der Waals surface area contributed by atoms with Gasteiger partial charge < -0.3 is 25.2 Å². The number of anilines is 1. The van der Waals surface area contributed by atoms with Crippen molar-refractivity contribution in [3.05, 3.63) is 53.9 Å². The summed E-state index contributed by atoms with van der Waals surface area (Å²) in [5, 5.41) is 16.0. The SMILES string of the molecule is COc1ccc(C(O)c2ccccn2)cc1NC(=O)CC(C)NC(=O)OC(C)(C)C. The summed E-state index contributed by atoms with van der Waals surface area (Å²) in [6, 6.07) is 9.85. The summed E-state index contributed by atoms with van der Waals surface area (Å²) in [5.41, 5.74) is 0.855. The predicted octanol–water partition coefficient (Wildman–Crippen LogP) is 3.41. The molecule has 0 saturated carbocycles. The lowest BCUT2D eigenvalue weighted by atomic mass is 10.0. The topological polar surface area (TPSA) is 110 Å². The lowest BCUT2D eigenvalue weighted by molar-refractivity contribution is -0.116. The van der Waals surface area contributed by atoms with Gasteiger partial charge in [-0.1, -0.05) is 12.1 Å². The van der Waals surface area contributed by atoms with Gasteiger partial charge in [0.1, 0.15) is 17.5 Å². The highest BCUT2D eigenvalue weighted by Crippen LogP contribution is 2.30. The van der Waals surface area contributed by atoms with E-state index in [0.29, 0.717) is 22.7 Å². The summed E-state index contributed by atoms with van der Waals surface area (Å²) in [7, 11) is 1.49. The molecule has 3 N–H and O–H groups in total. The molecule has 8 heteroatoms. The van der Waals surface area contributed by atoms with E-state index in [9.17, 15) is 14.7 Å². The van der Waals surface area contributed by atoms with Crippen LogP contribution in [-0.2, 0) is 9.53 Å². The molecule has 0 fully saturated rings. The second-order valence-corrected chi connectivity index (χ2v) is 7.92. The molecule has 1 aromatic carbocycles. The van der Waals surface area contributed by atoms with Gasteiger partial charge in [-0.15, -0.1) is 0 Å². The Hall–Kier alpha value is -3.13. The van der Waals surface area contributed by atoms with Gasteiger partial charge in [0.15, 0.2) is 0 Å². The van der Waals surface area contributed by atoms with Crippen molar-refractivity contribution in [3.8, 4) is 5.75 Å². The zero-order chi connectivity index (χ0) is 22.3. The average Bonchev–Trinajstić information content (AvgIpc) is 2.66. The number of carbonyl (C=O) groups is 2. The first-order valence-electron chi connectivity index (χ1n) is 9.65. The number of nitrogens with one attached hydrogen (secondary N) is 2. The first kappa shape index (κ1) is 23.2. The van der Waals surface area contributed by atoms with Crippen LogP contribution in [0, 0.1) is 0 Å². The van der Waals surface area contributed by atoms with Crippen molar-refractivity contribution < 1.29 is 24.2 Å². The molecule has 0 aliphatic heterocycles. The summed E-state index contributed by atoms with van der Waals surface area (Å²) in [6.07, 6.45) is 0.112. The highest BCUT2D eigenvalue weighted by molar-refractivity contribution is 5.93. The van der Waals surface area contributed by atoms with E-state index in [-0.39, 0.29) is 12.3 Å². The fourth-order valence-corrected chi connectivity index (χ4v) is 2.74. The lowest BCUT2D eigenvalue weighted by Crippen LogP contribution is -2.39. The molecule has 8 nitrogen and oxygen atoms in total. The summed E-state index contributed by atoms with van der Waals surface area (Å²) < 4.78 is 10.5. The highest BCUT2D eigenvalue weighted by atomic mass is 16.6. The highest BCUT2D eigenvalue weighted by Gasteiger charge is 2.20. The number of carbonyl (C=O) groups excluding carboxylic acids is 2. The Labute approximate surface area is 176 Å². The Bertz CT molecular complexity index is 865. The van der Waals surface area contributed by atoms with Crippen molar-refractivity contribution in [2.75, 3.05) is 12.4 Å². The Kier molecular flexibility index (Phi) is 7.77. The molecule has 0 saturated heterocycles. The van der Waals surface area contributed by atoms with Crippen molar-refractivity contribution in [2.45, 2.75) is 51.9 Å². The van der Waals surface area contributed by atoms with E-state index in [4.69, 9.17) is 9.47 Å². The number of rotatable bonds is 7. The first-order valence-corrected chi connectivity index (χ1v) is 9.65. The number of aliphatic hydroxyl groups excluding tert-OH is 1. The molecule has 1 heterocycles. The Morgan fingerprint density at radius 1 is 1.20 bits per heavy atom. The standard InChI is InChI=1S/C22H29N3O5/c1-14(24-21(28)30-22(2,3)4)12-19(26)25-17-13-15(9-10-18(17)29-5)20(27)16-8-6-7-11-23-16/h6-11,13-14,20,27H,12H2,1-5H3,(H,24,28)(H,25,26). The summed E-state index contributed by atoms with van der Waals surface area (Å²) >= 11 is 0. The molecule has 0 aliphatic rings. The third-order valence-electron chi connectivity index (χ3n) is 4.04. The van der Waals surface area contributed by atoms with Gasteiger partial charge in [0, 0.05) is 18.7 Å². The quantitative estimate of drug-likeness (QED) is 0.639. The number of hydrogen-bond acceptors (Lipinski definition) is 6. The zero-order valence-corrected chi connectivity index (χ0v) is 17.9. The molecule has 2 rings (SSSR count). The van der Waals surface area contributed by atoms with Gasteiger partial charge in [-0.25, -0.2) is 4.79 Å². The fourth-order valence-electron chi connectivity index (χ4n) is 2.74. The van der Waals surface area contributed by atoms with Gasteiger partial charge in [0.2, 0.25) is 5.91 Å². The van der Waals surface area contributed by atoms with Crippen molar-refractivity contribution in [1.82, 2.24) is 10.3 Å². The van der Waals surface area contributed by atoms with Gasteiger partial charge in [-0.3, -0.25) is 9.78 Å². The van der Waals surface area contributed by atoms with E-state index in [1.807, 2.05) is 0 Å². The van der Waals surface area contributed by atoms with Crippen LogP contribution in [0.15, 0.2) is 42.6 Å². The van der Waals surface area contributed by atoms with E-state index >= 15 is 0 Å². The van der Waals surface area contributed by atoms with E-state index in [0.717, 1.165) is 0 Å². The third-order valence-corrected chi connectivity index (χ3v) is 4.04. The molecule has 1 aromatic heterocycles. The van der Waals surface area contributed by atoms with Crippen LogP contribution in [0.2, 0.25) is 0 Å². The Morgan fingerprint density at radius 2 is 1.93 bits per heavy atom. The van der Waals surface area contributed by atoms with E-state index in [1.54, 1.807) is 70.3 Å². The zero-order valence-electron chi connectivity index (χ0n) is 17.9. The second kappa shape index (κ2) is 10.1. The molecular weight excluding hydrogens is 386 g/mol. The van der Waals surface area contributed by atoms with Crippen molar-refractivity contribution in [2.24, 2.45) is 0 Å². The fraction of sp³-hybridized carbons (Fsp3) is 0.409. The third kappa shape index (κ3) is 7.04. The van der Waals surface area contributed by atoms with Gasteiger partial charge in [-0.2, -0.15) is 0 Å². The smallest absolute Gasteiger partial charge is 0.407 e. The molecule has 0 aliphatic carbocycles. The molecular formula is C22H29N3O5. The van der Waals surface area contributed by atoms with Crippen LogP contribution in [0.3, 0.4) is 0 Å². The number of alkyl carbamates (subject to hydrolysis) is 1. The number of hydrogen-bond donors (Lipinski definition) is 3. The molecule has 0 radical (unpaired) electrons. The summed E-state index contributed by atoms with van der Waals surface area (Å²) in [6.45, 7) is 7.01. The maximum absolute atomic E-state index is 12.5. The maximum atomic E-state index is 12.5. The minimum absolute atomic E-state index is 0.0371. The molecule has 2 unspecified atom stereocenters. The summed E-state index contributed by atoms with van der Waals surface area (Å²) in [5.74, 6) is 0.134. The van der Waals surface area contributed by atoms with Gasteiger partial charge in [0.25, 0.3) is 0 Å². The lowest BCUT2D eigenvalue weighted by Gasteiger charge is -2.22. The average molecular weight is 415 g/mol. The van der Waals surface area contributed by atoms with E-state index in [1.165, 1.54) is 7.11 Å². The Balaban J connectivity index is 2.05.